The number of benzene rings is 2. The summed E-state index contributed by atoms with van der Waals surface area (Å²) in [6.45, 7) is 8.07. The fraction of sp³-hybridized carbons (Fsp3) is 0.407. The zero-order valence-corrected chi connectivity index (χ0v) is 20.5. The van der Waals surface area contributed by atoms with Gasteiger partial charge in [0, 0.05) is 6.54 Å². The average Bonchev–Trinajstić information content (AvgIpc) is 3.08. The molecule has 3 aromatic rings. The van der Waals surface area contributed by atoms with E-state index in [0.29, 0.717) is 47.8 Å². The monoisotopic (exact) mass is 464 g/mol. The molecule has 0 saturated carbocycles. The van der Waals surface area contributed by atoms with Crippen LogP contribution in [0.2, 0.25) is 0 Å². The van der Waals surface area contributed by atoms with Gasteiger partial charge in [0.2, 0.25) is 5.76 Å². The molecule has 0 spiro atoms. The van der Waals surface area contributed by atoms with E-state index in [1.54, 1.807) is 11.0 Å². The maximum absolute atomic E-state index is 13.7. The molecule has 1 unspecified atom stereocenters. The second-order valence-electron chi connectivity index (χ2n) is 8.80. The first-order chi connectivity index (χ1) is 16.3. The fourth-order valence-corrected chi connectivity index (χ4v) is 4.51. The Labute approximate surface area is 199 Å². The molecule has 7 heteroatoms. The van der Waals surface area contributed by atoms with Gasteiger partial charge in [-0.2, -0.15) is 0 Å². The van der Waals surface area contributed by atoms with E-state index in [4.69, 9.17) is 13.9 Å². The maximum atomic E-state index is 13.7. The summed E-state index contributed by atoms with van der Waals surface area (Å²) in [4.78, 5) is 31.1. The first kappa shape index (κ1) is 23.8. The summed E-state index contributed by atoms with van der Waals surface area (Å²) in [6.07, 6.45) is 0.769. The highest BCUT2D eigenvalue weighted by Gasteiger charge is 2.42. The molecule has 4 rings (SSSR count). The van der Waals surface area contributed by atoms with Gasteiger partial charge >= 0.3 is 0 Å². The molecule has 0 bridgehead atoms. The van der Waals surface area contributed by atoms with Crippen LogP contribution in [0.1, 0.15) is 53.6 Å². The van der Waals surface area contributed by atoms with Gasteiger partial charge in [-0.3, -0.25) is 9.59 Å². The van der Waals surface area contributed by atoms with E-state index in [1.807, 2.05) is 65.2 Å². The second kappa shape index (κ2) is 9.89. The number of hydrogen-bond acceptors (Lipinski definition) is 6. The molecule has 0 saturated heterocycles. The van der Waals surface area contributed by atoms with Gasteiger partial charge in [0.05, 0.1) is 30.2 Å². The van der Waals surface area contributed by atoms with Crippen molar-refractivity contribution >= 4 is 16.9 Å². The zero-order chi connectivity index (χ0) is 24.4. The number of aryl methyl sites for hydroxylation is 1. The SMILES string of the molecule is CCOc1ccc(C2c3c(oc4ccc(C)cc4c3=O)C(=O)N2CCCN(C)C)cc1OCC. The van der Waals surface area contributed by atoms with Crippen molar-refractivity contribution in [3.8, 4) is 11.5 Å². The predicted molar refractivity (Wildman–Crippen MR) is 132 cm³/mol. The molecule has 180 valence electrons. The number of hydrogen-bond donors (Lipinski definition) is 0. The summed E-state index contributed by atoms with van der Waals surface area (Å²) in [5.74, 6) is 1.10. The Morgan fingerprint density at radius 2 is 1.74 bits per heavy atom. The molecule has 34 heavy (non-hydrogen) atoms. The lowest BCUT2D eigenvalue weighted by atomic mass is 9.97. The van der Waals surface area contributed by atoms with Crippen LogP contribution in [0.4, 0.5) is 0 Å². The van der Waals surface area contributed by atoms with Gasteiger partial charge < -0.3 is 23.7 Å². The lowest BCUT2D eigenvalue weighted by molar-refractivity contribution is 0.0722. The van der Waals surface area contributed by atoms with Gasteiger partial charge in [0.1, 0.15) is 5.58 Å². The van der Waals surface area contributed by atoms with E-state index in [0.717, 1.165) is 24.1 Å². The molecule has 1 aromatic heterocycles. The highest BCUT2D eigenvalue weighted by atomic mass is 16.5. The van der Waals surface area contributed by atoms with Crippen molar-refractivity contribution in [3.05, 3.63) is 69.1 Å². The Kier molecular flexibility index (Phi) is 6.93. The lowest BCUT2D eigenvalue weighted by Gasteiger charge is -2.26. The van der Waals surface area contributed by atoms with Gasteiger partial charge in [0.25, 0.3) is 5.91 Å². The van der Waals surface area contributed by atoms with E-state index in [-0.39, 0.29) is 17.1 Å². The summed E-state index contributed by atoms with van der Waals surface area (Å²) in [5.41, 5.74) is 2.41. The minimum Gasteiger partial charge on any atom is -0.490 e. The second-order valence-corrected chi connectivity index (χ2v) is 8.80. The number of carbonyl (C=O) groups is 1. The Morgan fingerprint density at radius 1 is 1.00 bits per heavy atom. The molecule has 1 amide bonds. The lowest BCUT2D eigenvalue weighted by Crippen LogP contribution is -2.32. The summed E-state index contributed by atoms with van der Waals surface area (Å²) in [5, 5.41) is 0.489. The number of fused-ring (bicyclic) bond motifs is 2. The molecule has 0 aliphatic carbocycles. The number of nitrogens with zero attached hydrogens (tertiary/aromatic N) is 2. The molecule has 7 nitrogen and oxygen atoms in total. The van der Waals surface area contributed by atoms with E-state index < -0.39 is 6.04 Å². The molecule has 0 N–H and O–H groups in total. The molecule has 1 aliphatic rings. The van der Waals surface area contributed by atoms with Crippen LogP contribution in [0, 0.1) is 6.92 Å². The first-order valence-electron chi connectivity index (χ1n) is 11.8. The number of carbonyl (C=O) groups excluding carboxylic acids is 1. The quantitative estimate of drug-likeness (QED) is 0.468. The van der Waals surface area contributed by atoms with Crippen molar-refractivity contribution in [1.29, 1.82) is 0 Å². The van der Waals surface area contributed by atoms with Crippen molar-refractivity contribution in [2.45, 2.75) is 33.2 Å². The molecule has 2 heterocycles. The van der Waals surface area contributed by atoms with Gasteiger partial charge in [-0.15, -0.1) is 0 Å². The smallest absolute Gasteiger partial charge is 0.290 e. The highest BCUT2D eigenvalue weighted by molar-refractivity contribution is 5.99. The van der Waals surface area contributed by atoms with Crippen LogP contribution >= 0.6 is 0 Å². The Hall–Kier alpha value is -3.32. The summed E-state index contributed by atoms with van der Waals surface area (Å²) < 4.78 is 17.6. The summed E-state index contributed by atoms with van der Waals surface area (Å²) in [7, 11) is 4.00. The van der Waals surface area contributed by atoms with Crippen molar-refractivity contribution in [1.82, 2.24) is 9.80 Å². The van der Waals surface area contributed by atoms with Crippen LogP contribution in [-0.2, 0) is 0 Å². The Morgan fingerprint density at radius 3 is 2.44 bits per heavy atom. The zero-order valence-electron chi connectivity index (χ0n) is 20.5. The average molecular weight is 465 g/mol. The number of amides is 1. The van der Waals surface area contributed by atoms with Gasteiger partial charge in [0.15, 0.2) is 16.9 Å². The minimum absolute atomic E-state index is 0.128. The molecular formula is C27H32N2O5. The largest absolute Gasteiger partial charge is 0.490 e. The van der Waals surface area contributed by atoms with Crippen LogP contribution < -0.4 is 14.9 Å². The molecule has 2 aromatic carbocycles. The molecule has 1 atom stereocenters. The third-order valence-electron chi connectivity index (χ3n) is 6.01. The van der Waals surface area contributed by atoms with Crippen LogP contribution in [0.3, 0.4) is 0 Å². The van der Waals surface area contributed by atoms with Crippen molar-refractivity contribution < 1.29 is 18.7 Å². The molecule has 0 radical (unpaired) electrons. The maximum Gasteiger partial charge on any atom is 0.290 e. The van der Waals surface area contributed by atoms with Gasteiger partial charge in [-0.25, -0.2) is 0 Å². The third kappa shape index (κ3) is 4.40. The molecule has 1 aliphatic heterocycles. The van der Waals surface area contributed by atoms with Crippen LogP contribution in [0.15, 0.2) is 45.6 Å². The topological polar surface area (TPSA) is 72.2 Å². The van der Waals surface area contributed by atoms with E-state index in [1.165, 1.54) is 0 Å². The summed E-state index contributed by atoms with van der Waals surface area (Å²) in [6, 6.07) is 10.5. The van der Waals surface area contributed by atoms with Crippen molar-refractivity contribution in [2.24, 2.45) is 0 Å². The molecular weight excluding hydrogens is 432 g/mol. The van der Waals surface area contributed by atoms with Crippen LogP contribution in [-0.4, -0.2) is 56.1 Å². The Balaban J connectivity index is 1.88. The van der Waals surface area contributed by atoms with Crippen molar-refractivity contribution in [2.75, 3.05) is 40.4 Å². The van der Waals surface area contributed by atoms with E-state index in [2.05, 4.69) is 4.90 Å². The van der Waals surface area contributed by atoms with E-state index >= 15 is 0 Å². The highest BCUT2D eigenvalue weighted by Crippen LogP contribution is 2.41. The molecule has 0 fully saturated rings. The van der Waals surface area contributed by atoms with E-state index in [9.17, 15) is 9.59 Å². The van der Waals surface area contributed by atoms with Crippen LogP contribution in [0.25, 0.3) is 11.0 Å². The first-order valence-corrected chi connectivity index (χ1v) is 11.8. The van der Waals surface area contributed by atoms with Crippen LogP contribution in [0.5, 0.6) is 11.5 Å². The van der Waals surface area contributed by atoms with Gasteiger partial charge in [-0.1, -0.05) is 17.7 Å². The summed E-state index contributed by atoms with van der Waals surface area (Å²) >= 11 is 0. The predicted octanol–water partition coefficient (Wildman–Crippen LogP) is 4.40. The normalized spacial score (nSPS) is 15.3. The standard InChI is InChI=1S/C27H32N2O5/c1-6-32-21-12-10-18(16-22(21)33-7-2)24-23-25(30)19-15-17(3)9-11-20(19)34-26(23)27(31)29(24)14-8-13-28(4)5/h9-12,15-16,24H,6-8,13-14H2,1-5H3. The Bertz CT molecular complexity index is 1260. The fourth-order valence-electron chi connectivity index (χ4n) is 4.51. The number of ether oxygens (including phenoxy) is 2. The third-order valence-corrected chi connectivity index (χ3v) is 6.01. The minimum atomic E-state index is -0.555. The number of rotatable bonds is 9. The van der Waals surface area contributed by atoms with Crippen molar-refractivity contribution in [3.63, 3.8) is 0 Å². The van der Waals surface area contributed by atoms with Gasteiger partial charge in [-0.05, 0) is 77.7 Å².